The summed E-state index contributed by atoms with van der Waals surface area (Å²) >= 11 is 0. The Balaban J connectivity index is 1.82. The van der Waals surface area contributed by atoms with Gasteiger partial charge >= 0.3 is 6.03 Å². The number of carbonyl (C=O) groups is 1. The van der Waals surface area contributed by atoms with Crippen molar-refractivity contribution in [2.45, 2.75) is 38.1 Å². The van der Waals surface area contributed by atoms with Gasteiger partial charge in [-0.2, -0.15) is 0 Å². The van der Waals surface area contributed by atoms with E-state index in [9.17, 15) is 4.79 Å². The molecule has 2 amide bonds. The summed E-state index contributed by atoms with van der Waals surface area (Å²) in [6.45, 7) is 3.31. The molecule has 104 valence electrons. The molecule has 1 aliphatic heterocycles. The van der Waals surface area contributed by atoms with Gasteiger partial charge in [0.25, 0.3) is 0 Å². The minimum atomic E-state index is -0.0446. The number of rotatable bonds is 4. The zero-order valence-corrected chi connectivity index (χ0v) is 11.3. The Morgan fingerprint density at radius 1 is 1.39 bits per heavy atom. The molecular weight excluding hydrogens is 230 g/mol. The van der Waals surface area contributed by atoms with Crippen LogP contribution in [0.3, 0.4) is 0 Å². The van der Waals surface area contributed by atoms with Gasteiger partial charge in [-0.05, 0) is 44.2 Å². The van der Waals surface area contributed by atoms with Crippen molar-refractivity contribution < 1.29 is 9.53 Å². The van der Waals surface area contributed by atoms with E-state index in [1.165, 1.54) is 25.7 Å². The highest BCUT2D eigenvalue weighted by atomic mass is 16.5. The van der Waals surface area contributed by atoms with Gasteiger partial charge in [0.1, 0.15) is 0 Å². The van der Waals surface area contributed by atoms with Gasteiger partial charge in [0, 0.05) is 19.7 Å². The first kappa shape index (κ1) is 13.6. The maximum atomic E-state index is 11.8. The number of ether oxygens (including phenoxy) is 1. The van der Waals surface area contributed by atoms with Crippen LogP contribution in [0.15, 0.2) is 0 Å². The third kappa shape index (κ3) is 3.14. The van der Waals surface area contributed by atoms with E-state index < -0.39 is 0 Å². The fraction of sp³-hybridized carbons (Fsp3) is 0.923. The van der Waals surface area contributed by atoms with E-state index in [1.807, 2.05) is 0 Å². The molecule has 0 aromatic carbocycles. The molecule has 1 atom stereocenters. The summed E-state index contributed by atoms with van der Waals surface area (Å²) in [6, 6.07) is 0.305. The summed E-state index contributed by atoms with van der Waals surface area (Å²) in [6.07, 6.45) is 6.00. The summed E-state index contributed by atoms with van der Waals surface area (Å²) in [5.74, 6) is 0. The van der Waals surface area contributed by atoms with E-state index in [4.69, 9.17) is 4.74 Å². The summed E-state index contributed by atoms with van der Waals surface area (Å²) in [5.41, 5.74) is 0.351. The maximum Gasteiger partial charge on any atom is 0.315 e. The summed E-state index contributed by atoms with van der Waals surface area (Å²) in [7, 11) is 1.64. The molecule has 18 heavy (non-hydrogen) atoms. The fourth-order valence-electron chi connectivity index (χ4n) is 3.36. The van der Waals surface area contributed by atoms with Gasteiger partial charge in [-0.15, -0.1) is 0 Å². The molecule has 1 saturated carbocycles. The Kier molecular flexibility index (Phi) is 4.83. The zero-order valence-electron chi connectivity index (χ0n) is 11.3. The predicted molar refractivity (Wildman–Crippen MR) is 70.6 cm³/mol. The van der Waals surface area contributed by atoms with Crippen molar-refractivity contribution in [3.05, 3.63) is 0 Å². The van der Waals surface area contributed by atoms with Crippen LogP contribution in [0.1, 0.15) is 32.1 Å². The Hall–Kier alpha value is -0.810. The van der Waals surface area contributed by atoms with Crippen LogP contribution in [0, 0.1) is 5.41 Å². The van der Waals surface area contributed by atoms with E-state index in [0.717, 1.165) is 19.5 Å². The molecule has 0 aromatic heterocycles. The van der Waals surface area contributed by atoms with Gasteiger partial charge in [0.05, 0.1) is 6.61 Å². The highest BCUT2D eigenvalue weighted by Gasteiger charge is 2.43. The highest BCUT2D eigenvalue weighted by molar-refractivity contribution is 5.74. The number of methoxy groups -OCH3 is 1. The SMILES string of the molecule is COCCNC(=O)NC1CCCC12CCNCC2. The average Bonchev–Trinajstić information content (AvgIpc) is 2.73. The van der Waals surface area contributed by atoms with E-state index in [-0.39, 0.29) is 6.03 Å². The second-order valence-electron chi connectivity index (χ2n) is 5.45. The number of urea groups is 1. The molecule has 2 aliphatic rings. The van der Waals surface area contributed by atoms with Crippen LogP contribution in [-0.4, -0.2) is 45.4 Å². The van der Waals surface area contributed by atoms with Gasteiger partial charge in [0.15, 0.2) is 0 Å². The van der Waals surface area contributed by atoms with E-state index in [1.54, 1.807) is 7.11 Å². The van der Waals surface area contributed by atoms with E-state index in [0.29, 0.717) is 24.6 Å². The molecule has 0 aromatic rings. The smallest absolute Gasteiger partial charge is 0.315 e. The number of carbonyl (C=O) groups excluding carboxylic acids is 1. The van der Waals surface area contributed by atoms with Gasteiger partial charge in [-0.3, -0.25) is 0 Å². The van der Waals surface area contributed by atoms with Crippen molar-refractivity contribution in [1.29, 1.82) is 0 Å². The number of nitrogens with one attached hydrogen (secondary N) is 3. The number of amides is 2. The molecule has 1 saturated heterocycles. The monoisotopic (exact) mass is 255 g/mol. The van der Waals surface area contributed by atoms with Crippen LogP contribution >= 0.6 is 0 Å². The summed E-state index contributed by atoms with van der Waals surface area (Å²) < 4.78 is 4.92. The van der Waals surface area contributed by atoms with Gasteiger partial charge in [-0.1, -0.05) is 6.42 Å². The Labute approximate surface area is 109 Å². The van der Waals surface area contributed by atoms with Crippen LogP contribution in [-0.2, 0) is 4.74 Å². The lowest BCUT2D eigenvalue weighted by atomic mass is 9.74. The molecule has 0 radical (unpaired) electrons. The molecule has 3 N–H and O–H groups in total. The van der Waals surface area contributed by atoms with Crippen LogP contribution in [0.2, 0.25) is 0 Å². The quantitative estimate of drug-likeness (QED) is 0.653. The largest absolute Gasteiger partial charge is 0.383 e. The van der Waals surface area contributed by atoms with Crippen LogP contribution in [0.4, 0.5) is 4.79 Å². The van der Waals surface area contributed by atoms with E-state index >= 15 is 0 Å². The first-order valence-corrected chi connectivity index (χ1v) is 7.01. The van der Waals surface area contributed by atoms with Crippen molar-refractivity contribution in [3.8, 4) is 0 Å². The second kappa shape index (κ2) is 6.38. The van der Waals surface area contributed by atoms with Crippen molar-refractivity contribution in [2.75, 3.05) is 33.4 Å². The minimum absolute atomic E-state index is 0.0446. The molecule has 5 nitrogen and oxygen atoms in total. The highest BCUT2D eigenvalue weighted by Crippen LogP contribution is 2.45. The van der Waals surface area contributed by atoms with Crippen LogP contribution in [0.5, 0.6) is 0 Å². The van der Waals surface area contributed by atoms with Crippen molar-refractivity contribution in [2.24, 2.45) is 5.41 Å². The van der Waals surface area contributed by atoms with Crippen LogP contribution in [0.25, 0.3) is 0 Å². The third-order valence-electron chi connectivity index (χ3n) is 4.40. The number of hydrogen-bond acceptors (Lipinski definition) is 3. The molecule has 5 heteroatoms. The lowest BCUT2D eigenvalue weighted by molar-refractivity contribution is 0.157. The molecule has 2 rings (SSSR count). The Bertz CT molecular complexity index is 277. The third-order valence-corrected chi connectivity index (χ3v) is 4.40. The minimum Gasteiger partial charge on any atom is -0.383 e. The second-order valence-corrected chi connectivity index (χ2v) is 5.45. The molecule has 1 heterocycles. The first-order valence-electron chi connectivity index (χ1n) is 7.01. The van der Waals surface area contributed by atoms with Gasteiger partial charge in [-0.25, -0.2) is 4.79 Å². The standard InChI is InChI=1S/C13H25N3O2/c1-18-10-9-15-12(17)16-11-3-2-4-13(11)5-7-14-8-6-13/h11,14H,2-10H2,1H3,(H2,15,16,17). The lowest BCUT2D eigenvalue weighted by Crippen LogP contribution is -2.52. The van der Waals surface area contributed by atoms with Crippen LogP contribution < -0.4 is 16.0 Å². The normalized spacial score (nSPS) is 26.2. The Morgan fingerprint density at radius 3 is 2.89 bits per heavy atom. The molecule has 0 bridgehead atoms. The fourth-order valence-corrected chi connectivity index (χ4v) is 3.36. The topological polar surface area (TPSA) is 62.4 Å². The zero-order chi connectivity index (χ0) is 12.8. The molecular formula is C13H25N3O2. The molecule has 1 aliphatic carbocycles. The first-order chi connectivity index (χ1) is 8.77. The predicted octanol–water partition coefficient (Wildman–Crippen LogP) is 0.854. The molecule has 1 spiro atoms. The van der Waals surface area contributed by atoms with Crippen molar-refractivity contribution in [1.82, 2.24) is 16.0 Å². The van der Waals surface area contributed by atoms with E-state index in [2.05, 4.69) is 16.0 Å². The average molecular weight is 255 g/mol. The number of piperidine rings is 1. The summed E-state index contributed by atoms with van der Waals surface area (Å²) in [5, 5.41) is 9.41. The number of hydrogen-bond donors (Lipinski definition) is 3. The lowest BCUT2D eigenvalue weighted by Gasteiger charge is -2.39. The van der Waals surface area contributed by atoms with Gasteiger partial charge < -0.3 is 20.7 Å². The summed E-state index contributed by atoms with van der Waals surface area (Å²) in [4.78, 5) is 11.8. The van der Waals surface area contributed by atoms with Crippen molar-refractivity contribution >= 4 is 6.03 Å². The molecule has 1 unspecified atom stereocenters. The van der Waals surface area contributed by atoms with Gasteiger partial charge in [0.2, 0.25) is 0 Å². The molecule has 2 fully saturated rings. The Morgan fingerprint density at radius 2 is 2.17 bits per heavy atom. The van der Waals surface area contributed by atoms with Crippen molar-refractivity contribution in [3.63, 3.8) is 0 Å². The maximum absolute atomic E-state index is 11.8.